The number of amides is 1. The Morgan fingerprint density at radius 1 is 1.03 bits per heavy atom. The highest BCUT2D eigenvalue weighted by Crippen LogP contribution is 2.32. The summed E-state index contributed by atoms with van der Waals surface area (Å²) in [4.78, 5) is 18.2. The molecular formula is C26H20ClN3O3S3. The predicted molar refractivity (Wildman–Crippen MR) is 149 cm³/mol. The summed E-state index contributed by atoms with van der Waals surface area (Å²) >= 11 is 8.82. The molecule has 0 aliphatic rings. The van der Waals surface area contributed by atoms with Crippen molar-refractivity contribution in [2.75, 3.05) is 16.7 Å². The fraction of sp³-hybridized carbons (Fsp3) is 0.0769. The van der Waals surface area contributed by atoms with E-state index in [0.717, 1.165) is 26.4 Å². The fourth-order valence-electron chi connectivity index (χ4n) is 3.69. The summed E-state index contributed by atoms with van der Waals surface area (Å²) < 4.78 is 28.2. The number of benzene rings is 3. The van der Waals surface area contributed by atoms with Crippen LogP contribution in [-0.2, 0) is 10.0 Å². The molecule has 5 rings (SSSR count). The molecule has 36 heavy (non-hydrogen) atoms. The summed E-state index contributed by atoms with van der Waals surface area (Å²) in [6.45, 7) is 1.96. The van der Waals surface area contributed by atoms with E-state index < -0.39 is 10.0 Å². The van der Waals surface area contributed by atoms with Crippen molar-refractivity contribution in [1.82, 2.24) is 4.98 Å². The number of thiazole rings is 1. The number of anilines is 2. The molecule has 182 valence electrons. The van der Waals surface area contributed by atoms with E-state index in [1.165, 1.54) is 34.8 Å². The van der Waals surface area contributed by atoms with Crippen LogP contribution in [0.15, 0.2) is 83.1 Å². The maximum absolute atomic E-state index is 13.0. The highest BCUT2D eigenvalue weighted by Gasteiger charge is 2.22. The minimum atomic E-state index is -3.76. The van der Waals surface area contributed by atoms with Gasteiger partial charge in [-0.3, -0.25) is 9.10 Å². The van der Waals surface area contributed by atoms with Crippen molar-refractivity contribution < 1.29 is 13.2 Å². The summed E-state index contributed by atoms with van der Waals surface area (Å²) in [5, 5.41) is 7.18. The Hall–Kier alpha value is -3.24. The lowest BCUT2D eigenvalue weighted by molar-refractivity contribution is 0.103. The summed E-state index contributed by atoms with van der Waals surface area (Å²) in [7, 11) is -2.26. The van der Waals surface area contributed by atoms with Gasteiger partial charge in [0, 0.05) is 33.4 Å². The molecule has 0 aliphatic carbocycles. The van der Waals surface area contributed by atoms with E-state index >= 15 is 0 Å². The summed E-state index contributed by atoms with van der Waals surface area (Å²) in [5.74, 6) is -0.230. The second-order valence-electron chi connectivity index (χ2n) is 8.05. The van der Waals surface area contributed by atoms with Crippen LogP contribution in [-0.4, -0.2) is 26.4 Å². The summed E-state index contributed by atoms with van der Waals surface area (Å²) in [5.41, 5.74) is 2.98. The van der Waals surface area contributed by atoms with Gasteiger partial charge in [-0.05, 0) is 73.0 Å². The molecule has 0 bridgehead atoms. The van der Waals surface area contributed by atoms with Gasteiger partial charge in [0.2, 0.25) is 0 Å². The highest BCUT2D eigenvalue weighted by atomic mass is 35.5. The molecule has 2 aromatic heterocycles. The van der Waals surface area contributed by atoms with E-state index in [0.29, 0.717) is 21.3 Å². The lowest BCUT2D eigenvalue weighted by Gasteiger charge is -2.19. The van der Waals surface area contributed by atoms with Crippen molar-refractivity contribution in [3.63, 3.8) is 0 Å². The number of aryl methyl sites for hydroxylation is 1. The molecule has 5 aromatic rings. The van der Waals surface area contributed by atoms with Crippen molar-refractivity contribution in [2.45, 2.75) is 11.8 Å². The van der Waals surface area contributed by atoms with Gasteiger partial charge in [-0.2, -0.15) is 0 Å². The predicted octanol–water partition coefficient (Wildman–Crippen LogP) is 7.06. The Bertz CT molecular complexity index is 1690. The number of carbonyl (C=O) groups excluding carboxylic acids is 1. The van der Waals surface area contributed by atoms with E-state index in [1.54, 1.807) is 41.7 Å². The smallest absolute Gasteiger partial charge is 0.265 e. The van der Waals surface area contributed by atoms with Crippen LogP contribution >= 0.6 is 34.3 Å². The average Bonchev–Trinajstić information content (AvgIpc) is 3.50. The molecule has 3 aromatic carbocycles. The number of carbonyl (C=O) groups is 1. The second-order valence-corrected chi connectivity index (χ2v) is 12.6. The van der Waals surface area contributed by atoms with Gasteiger partial charge in [-0.1, -0.05) is 23.7 Å². The van der Waals surface area contributed by atoms with Gasteiger partial charge in [0.1, 0.15) is 0 Å². The Kier molecular flexibility index (Phi) is 6.57. The molecule has 0 unspecified atom stereocenters. The number of aromatic nitrogens is 1. The third kappa shape index (κ3) is 4.87. The fourth-order valence-corrected chi connectivity index (χ4v) is 6.56. The van der Waals surface area contributed by atoms with Gasteiger partial charge in [-0.15, -0.1) is 22.7 Å². The van der Waals surface area contributed by atoms with Gasteiger partial charge >= 0.3 is 0 Å². The molecule has 10 heteroatoms. The number of hydrogen-bond acceptors (Lipinski definition) is 6. The summed E-state index contributed by atoms with van der Waals surface area (Å²) in [6, 6.07) is 20.7. The minimum Gasteiger partial charge on any atom is -0.321 e. The number of sulfonamides is 1. The quantitative estimate of drug-likeness (QED) is 0.244. The van der Waals surface area contributed by atoms with Gasteiger partial charge in [0.05, 0.1) is 26.2 Å². The Balaban J connectivity index is 1.38. The van der Waals surface area contributed by atoms with E-state index in [1.807, 2.05) is 42.6 Å². The number of nitrogens with one attached hydrogen (secondary N) is 1. The zero-order valence-electron chi connectivity index (χ0n) is 19.2. The van der Waals surface area contributed by atoms with Crippen LogP contribution < -0.4 is 9.62 Å². The molecule has 0 aliphatic heterocycles. The zero-order valence-corrected chi connectivity index (χ0v) is 22.4. The van der Waals surface area contributed by atoms with E-state index in [-0.39, 0.29) is 10.8 Å². The number of thiophene rings is 1. The number of nitrogens with zero attached hydrogens (tertiary/aromatic N) is 2. The van der Waals surface area contributed by atoms with Crippen molar-refractivity contribution in [3.05, 3.63) is 93.1 Å². The van der Waals surface area contributed by atoms with E-state index in [4.69, 9.17) is 11.6 Å². The normalized spacial score (nSPS) is 11.5. The van der Waals surface area contributed by atoms with Crippen LogP contribution in [0, 0.1) is 6.92 Å². The van der Waals surface area contributed by atoms with Crippen molar-refractivity contribution >= 4 is 71.7 Å². The van der Waals surface area contributed by atoms with Crippen molar-refractivity contribution in [1.29, 1.82) is 0 Å². The maximum atomic E-state index is 13.0. The molecule has 0 atom stereocenters. The SMILES string of the molecule is Cc1nc(-c2cccc(NC(=O)c3cc4cc(N(C)S(=O)(=O)c5ccc(Cl)cc5)ccc4s3)c2)cs1. The Morgan fingerprint density at radius 3 is 2.53 bits per heavy atom. The van der Waals surface area contributed by atoms with Crippen LogP contribution in [0.4, 0.5) is 11.4 Å². The first-order valence-corrected chi connectivity index (χ1v) is 14.3. The van der Waals surface area contributed by atoms with E-state index in [9.17, 15) is 13.2 Å². The Morgan fingerprint density at radius 2 is 1.81 bits per heavy atom. The third-order valence-electron chi connectivity index (χ3n) is 5.59. The van der Waals surface area contributed by atoms with Crippen LogP contribution in [0.5, 0.6) is 0 Å². The second kappa shape index (κ2) is 9.67. The van der Waals surface area contributed by atoms with Crippen LogP contribution in [0.25, 0.3) is 21.3 Å². The molecule has 1 amide bonds. The van der Waals surface area contributed by atoms with Gasteiger partial charge < -0.3 is 5.32 Å². The topological polar surface area (TPSA) is 79.4 Å². The zero-order chi connectivity index (χ0) is 25.4. The molecule has 0 spiro atoms. The number of hydrogen-bond donors (Lipinski definition) is 1. The lowest BCUT2D eigenvalue weighted by atomic mass is 10.1. The highest BCUT2D eigenvalue weighted by molar-refractivity contribution is 7.92. The molecule has 0 saturated heterocycles. The monoisotopic (exact) mass is 553 g/mol. The largest absolute Gasteiger partial charge is 0.321 e. The first-order chi connectivity index (χ1) is 17.2. The van der Waals surface area contributed by atoms with Crippen molar-refractivity contribution in [3.8, 4) is 11.3 Å². The molecule has 1 N–H and O–H groups in total. The lowest BCUT2D eigenvalue weighted by Crippen LogP contribution is -2.26. The first kappa shape index (κ1) is 24.5. The molecular weight excluding hydrogens is 534 g/mol. The average molecular weight is 554 g/mol. The standard InChI is InChI=1S/C26H20ClN3O3S3/c1-16-28-23(15-34-16)17-4-3-5-20(12-17)29-26(31)25-14-18-13-21(8-11-24(18)35-25)30(2)36(32,33)22-9-6-19(27)7-10-22/h3-15H,1-2H3,(H,29,31). The number of halogens is 1. The molecule has 0 fully saturated rings. The van der Waals surface area contributed by atoms with Crippen molar-refractivity contribution in [2.24, 2.45) is 0 Å². The van der Waals surface area contributed by atoms with Gasteiger partial charge in [0.25, 0.3) is 15.9 Å². The number of fused-ring (bicyclic) bond motifs is 1. The number of rotatable bonds is 6. The maximum Gasteiger partial charge on any atom is 0.265 e. The van der Waals surface area contributed by atoms with Gasteiger partial charge in [-0.25, -0.2) is 13.4 Å². The molecule has 0 radical (unpaired) electrons. The van der Waals surface area contributed by atoms with E-state index in [2.05, 4.69) is 10.3 Å². The summed E-state index contributed by atoms with van der Waals surface area (Å²) in [6.07, 6.45) is 0. The molecule has 2 heterocycles. The molecule has 0 saturated carbocycles. The van der Waals surface area contributed by atoms with Crippen LogP contribution in [0.3, 0.4) is 0 Å². The van der Waals surface area contributed by atoms with Crippen LogP contribution in [0.1, 0.15) is 14.7 Å². The first-order valence-electron chi connectivity index (χ1n) is 10.8. The Labute approximate surface area is 221 Å². The molecule has 6 nitrogen and oxygen atoms in total. The van der Waals surface area contributed by atoms with Crippen LogP contribution in [0.2, 0.25) is 5.02 Å². The minimum absolute atomic E-state index is 0.148. The third-order valence-corrected chi connectivity index (χ3v) is 9.53. The van der Waals surface area contributed by atoms with Gasteiger partial charge in [0.15, 0.2) is 0 Å².